The highest BCUT2D eigenvalue weighted by Crippen LogP contribution is 2.13. The van der Waals surface area contributed by atoms with Crippen molar-refractivity contribution < 1.29 is 9.32 Å². The van der Waals surface area contributed by atoms with Gasteiger partial charge in [-0.05, 0) is 5.92 Å². The normalized spacial score (nSPS) is 11.0. The molecule has 0 aliphatic heterocycles. The fraction of sp³-hybridized carbons (Fsp3) is 0.294. The molecule has 7 nitrogen and oxygen atoms in total. The van der Waals surface area contributed by atoms with E-state index in [0.717, 1.165) is 12.0 Å². The van der Waals surface area contributed by atoms with E-state index in [1.54, 1.807) is 6.07 Å². The highest BCUT2D eigenvalue weighted by atomic mass is 16.5. The topological polar surface area (TPSA) is 96.7 Å². The maximum absolute atomic E-state index is 12.1. The van der Waals surface area contributed by atoms with Crippen molar-refractivity contribution in [3.05, 3.63) is 53.7 Å². The van der Waals surface area contributed by atoms with Crippen LogP contribution in [-0.2, 0) is 13.0 Å². The number of H-pyrrole nitrogens is 1. The third-order valence-electron chi connectivity index (χ3n) is 3.38. The summed E-state index contributed by atoms with van der Waals surface area (Å²) >= 11 is 0. The lowest BCUT2D eigenvalue weighted by molar-refractivity contribution is 0.0940. The number of aromatic nitrogens is 4. The first kappa shape index (κ1) is 15.9. The van der Waals surface area contributed by atoms with E-state index in [2.05, 4.69) is 39.5 Å². The Kier molecular flexibility index (Phi) is 4.69. The molecule has 0 aliphatic carbocycles. The lowest BCUT2D eigenvalue weighted by Crippen LogP contribution is -2.23. The van der Waals surface area contributed by atoms with E-state index in [-0.39, 0.29) is 18.1 Å². The fourth-order valence-corrected chi connectivity index (χ4v) is 2.26. The first-order valence-electron chi connectivity index (χ1n) is 7.82. The number of carbonyl (C=O) groups is 1. The molecule has 0 saturated carbocycles. The summed E-state index contributed by atoms with van der Waals surface area (Å²) in [7, 11) is 0. The molecule has 2 heterocycles. The Morgan fingerprint density at radius 2 is 2.08 bits per heavy atom. The first-order valence-corrected chi connectivity index (χ1v) is 7.82. The van der Waals surface area contributed by atoms with Crippen molar-refractivity contribution in [2.75, 3.05) is 0 Å². The molecule has 0 bridgehead atoms. The molecule has 3 rings (SSSR count). The molecule has 0 unspecified atom stereocenters. The zero-order chi connectivity index (χ0) is 16.9. The second kappa shape index (κ2) is 7.08. The average Bonchev–Trinajstić information content (AvgIpc) is 3.22. The number of hydrogen-bond acceptors (Lipinski definition) is 5. The molecule has 24 heavy (non-hydrogen) atoms. The van der Waals surface area contributed by atoms with Crippen LogP contribution < -0.4 is 5.32 Å². The summed E-state index contributed by atoms with van der Waals surface area (Å²) in [6, 6.07) is 11.3. The van der Waals surface area contributed by atoms with Crippen LogP contribution in [0.25, 0.3) is 11.4 Å². The van der Waals surface area contributed by atoms with E-state index < -0.39 is 0 Å². The number of carbonyl (C=O) groups excluding carboxylic acids is 1. The van der Waals surface area contributed by atoms with Crippen LogP contribution in [0.4, 0.5) is 0 Å². The summed E-state index contributed by atoms with van der Waals surface area (Å²) in [5, 5.41) is 13.5. The molecule has 124 valence electrons. The van der Waals surface area contributed by atoms with Crippen LogP contribution in [0.15, 0.2) is 40.9 Å². The number of nitrogens with zero attached hydrogens (tertiary/aromatic N) is 3. The van der Waals surface area contributed by atoms with E-state index in [0.29, 0.717) is 23.3 Å². The average molecular weight is 325 g/mol. The quantitative estimate of drug-likeness (QED) is 0.726. The second-order valence-electron chi connectivity index (χ2n) is 5.93. The molecule has 2 aromatic heterocycles. The zero-order valence-corrected chi connectivity index (χ0v) is 13.6. The van der Waals surface area contributed by atoms with Crippen LogP contribution >= 0.6 is 0 Å². The highest BCUT2D eigenvalue weighted by molar-refractivity contribution is 5.92. The minimum absolute atomic E-state index is 0.241. The largest absolute Gasteiger partial charge is 0.361 e. The van der Waals surface area contributed by atoms with Crippen LogP contribution in [0.2, 0.25) is 0 Å². The van der Waals surface area contributed by atoms with Crippen LogP contribution in [0.3, 0.4) is 0 Å². The van der Waals surface area contributed by atoms with Gasteiger partial charge in [0.15, 0.2) is 11.5 Å². The summed E-state index contributed by atoms with van der Waals surface area (Å²) in [5.74, 6) is 2.03. The smallest absolute Gasteiger partial charge is 0.273 e. The van der Waals surface area contributed by atoms with E-state index in [1.165, 1.54) is 0 Å². The molecule has 0 spiro atoms. The standard InChI is InChI=1S/C17H19N5O2/c1-11(2)8-13-9-14(22-24-13)17(23)18-10-15-19-16(21-20-15)12-6-4-3-5-7-12/h3-7,9,11H,8,10H2,1-2H3,(H,18,23)(H,19,20,21). The predicted octanol–water partition coefficient (Wildman–Crippen LogP) is 2.59. The molecular weight excluding hydrogens is 306 g/mol. The summed E-state index contributed by atoms with van der Waals surface area (Å²) in [5.41, 5.74) is 1.19. The van der Waals surface area contributed by atoms with Gasteiger partial charge < -0.3 is 9.84 Å². The van der Waals surface area contributed by atoms with Crippen molar-refractivity contribution >= 4 is 5.91 Å². The number of amides is 1. The van der Waals surface area contributed by atoms with Crippen LogP contribution in [-0.4, -0.2) is 26.2 Å². The van der Waals surface area contributed by atoms with Gasteiger partial charge >= 0.3 is 0 Å². The third kappa shape index (κ3) is 3.87. The van der Waals surface area contributed by atoms with Crippen LogP contribution in [0, 0.1) is 5.92 Å². The van der Waals surface area contributed by atoms with E-state index in [4.69, 9.17) is 4.52 Å². The first-order chi connectivity index (χ1) is 11.6. The van der Waals surface area contributed by atoms with Crippen LogP contribution in [0.5, 0.6) is 0 Å². The van der Waals surface area contributed by atoms with E-state index >= 15 is 0 Å². The lowest BCUT2D eigenvalue weighted by atomic mass is 10.1. The Labute approximate surface area is 139 Å². The van der Waals surface area contributed by atoms with E-state index in [1.807, 2.05) is 30.3 Å². The Hall–Kier alpha value is -2.96. The Balaban J connectivity index is 1.59. The molecular formula is C17H19N5O2. The molecule has 1 aromatic carbocycles. The number of nitrogens with one attached hydrogen (secondary N) is 2. The van der Waals surface area contributed by atoms with E-state index in [9.17, 15) is 4.79 Å². The molecule has 0 aliphatic rings. The number of aromatic amines is 1. The van der Waals surface area contributed by atoms with Crippen molar-refractivity contribution in [3.63, 3.8) is 0 Å². The van der Waals surface area contributed by atoms with Gasteiger partial charge in [-0.3, -0.25) is 9.89 Å². The van der Waals surface area contributed by atoms with Crippen molar-refractivity contribution in [2.45, 2.75) is 26.8 Å². The molecule has 1 amide bonds. The maximum Gasteiger partial charge on any atom is 0.273 e. The lowest BCUT2D eigenvalue weighted by Gasteiger charge is -1.99. The number of rotatable bonds is 6. The summed E-state index contributed by atoms with van der Waals surface area (Å²) in [6.07, 6.45) is 0.753. The summed E-state index contributed by atoms with van der Waals surface area (Å²) < 4.78 is 5.16. The maximum atomic E-state index is 12.1. The molecule has 3 aromatic rings. The van der Waals surface area contributed by atoms with Gasteiger partial charge in [-0.1, -0.05) is 49.3 Å². The fourth-order valence-electron chi connectivity index (χ4n) is 2.26. The number of benzene rings is 1. The summed E-state index contributed by atoms with van der Waals surface area (Å²) in [6.45, 7) is 4.40. The Morgan fingerprint density at radius 1 is 1.29 bits per heavy atom. The monoisotopic (exact) mass is 325 g/mol. The van der Waals surface area contributed by atoms with Gasteiger partial charge in [0.1, 0.15) is 11.6 Å². The summed E-state index contributed by atoms with van der Waals surface area (Å²) in [4.78, 5) is 16.5. The third-order valence-corrected chi connectivity index (χ3v) is 3.38. The minimum Gasteiger partial charge on any atom is -0.361 e. The van der Waals surface area contributed by atoms with Gasteiger partial charge in [0, 0.05) is 18.1 Å². The van der Waals surface area contributed by atoms with Gasteiger partial charge in [0.2, 0.25) is 0 Å². The molecule has 0 fully saturated rings. The van der Waals surface area contributed by atoms with Gasteiger partial charge in [-0.25, -0.2) is 4.98 Å². The SMILES string of the molecule is CC(C)Cc1cc(C(=O)NCc2nc(-c3ccccc3)n[nH]2)no1. The zero-order valence-electron chi connectivity index (χ0n) is 13.6. The molecule has 0 atom stereocenters. The van der Waals surface area contributed by atoms with Gasteiger partial charge in [0.25, 0.3) is 5.91 Å². The molecule has 0 radical (unpaired) electrons. The Bertz CT molecular complexity index is 807. The van der Waals surface area contributed by atoms with Crippen molar-refractivity contribution in [1.29, 1.82) is 0 Å². The predicted molar refractivity (Wildman–Crippen MR) is 88.0 cm³/mol. The molecule has 0 saturated heterocycles. The van der Waals surface area contributed by atoms with Crippen molar-refractivity contribution in [3.8, 4) is 11.4 Å². The number of hydrogen-bond donors (Lipinski definition) is 2. The molecule has 2 N–H and O–H groups in total. The second-order valence-corrected chi connectivity index (χ2v) is 5.93. The van der Waals surface area contributed by atoms with Gasteiger partial charge in [-0.15, -0.1) is 0 Å². The molecule has 7 heteroatoms. The van der Waals surface area contributed by atoms with Gasteiger partial charge in [0.05, 0.1) is 6.54 Å². The highest BCUT2D eigenvalue weighted by Gasteiger charge is 2.14. The van der Waals surface area contributed by atoms with Gasteiger partial charge in [-0.2, -0.15) is 5.10 Å². The Morgan fingerprint density at radius 3 is 2.83 bits per heavy atom. The minimum atomic E-state index is -0.300. The van der Waals surface area contributed by atoms with Crippen LogP contribution in [0.1, 0.15) is 35.9 Å². The van der Waals surface area contributed by atoms with Crippen molar-refractivity contribution in [2.24, 2.45) is 5.92 Å². The van der Waals surface area contributed by atoms with Crippen molar-refractivity contribution in [1.82, 2.24) is 25.7 Å².